The monoisotopic (exact) mass is 245 g/mol. The van der Waals surface area contributed by atoms with Crippen LogP contribution in [0.4, 0.5) is 0 Å². The molecule has 1 N–H and O–H groups in total. The molecule has 1 atom stereocenters. The normalized spacial score (nSPS) is 19.7. The Balaban J connectivity index is 1.63. The van der Waals surface area contributed by atoms with Crippen LogP contribution in [0.2, 0.25) is 0 Å². The minimum Gasteiger partial charge on any atom is -0.316 e. The summed E-state index contributed by atoms with van der Waals surface area (Å²) < 4.78 is 0. The van der Waals surface area contributed by atoms with Gasteiger partial charge in [-0.05, 0) is 50.3 Å². The average Bonchev–Trinajstić information content (AvgIpc) is 2.45. The Bertz CT molecular complexity index is 355. The van der Waals surface area contributed by atoms with E-state index in [0.29, 0.717) is 12.2 Å². The summed E-state index contributed by atoms with van der Waals surface area (Å²) in [6.07, 6.45) is 5.98. The Labute approximate surface area is 110 Å². The van der Waals surface area contributed by atoms with E-state index in [1.165, 1.54) is 18.4 Å². The van der Waals surface area contributed by atoms with Gasteiger partial charge >= 0.3 is 0 Å². The van der Waals surface area contributed by atoms with Crippen molar-refractivity contribution < 1.29 is 4.79 Å². The molecule has 0 aliphatic carbocycles. The third-order valence-electron chi connectivity index (χ3n) is 3.77. The van der Waals surface area contributed by atoms with E-state index in [1.54, 1.807) is 0 Å². The molecule has 1 aliphatic rings. The predicted octanol–water partition coefficient (Wildman–Crippen LogP) is 2.97. The molecule has 1 aliphatic heterocycles. The van der Waals surface area contributed by atoms with Crippen LogP contribution < -0.4 is 5.32 Å². The van der Waals surface area contributed by atoms with Gasteiger partial charge in [-0.3, -0.25) is 4.79 Å². The fraction of sp³-hybridized carbons (Fsp3) is 0.562. The van der Waals surface area contributed by atoms with Crippen molar-refractivity contribution in [2.24, 2.45) is 5.92 Å². The van der Waals surface area contributed by atoms with Crippen molar-refractivity contribution in [2.75, 3.05) is 13.1 Å². The van der Waals surface area contributed by atoms with Crippen molar-refractivity contribution in [3.05, 3.63) is 35.9 Å². The van der Waals surface area contributed by atoms with Crippen LogP contribution >= 0.6 is 0 Å². The lowest BCUT2D eigenvalue weighted by Gasteiger charge is -2.22. The van der Waals surface area contributed by atoms with E-state index in [1.807, 2.05) is 18.2 Å². The Morgan fingerprint density at radius 1 is 1.22 bits per heavy atom. The maximum absolute atomic E-state index is 11.8. The number of hydrogen-bond donors (Lipinski definition) is 1. The third-order valence-corrected chi connectivity index (χ3v) is 3.77. The molecule has 0 bridgehead atoms. The maximum Gasteiger partial charge on any atom is 0.133 e. The van der Waals surface area contributed by atoms with Crippen molar-refractivity contribution in [1.29, 1.82) is 0 Å². The van der Waals surface area contributed by atoms with Gasteiger partial charge in [-0.15, -0.1) is 0 Å². The van der Waals surface area contributed by atoms with Crippen LogP contribution in [0, 0.1) is 5.92 Å². The molecule has 1 aromatic carbocycles. The zero-order valence-electron chi connectivity index (χ0n) is 11.0. The first-order valence-corrected chi connectivity index (χ1v) is 7.11. The molecule has 2 nitrogen and oxygen atoms in total. The van der Waals surface area contributed by atoms with Gasteiger partial charge in [-0.2, -0.15) is 0 Å². The highest BCUT2D eigenvalue weighted by Gasteiger charge is 2.14. The van der Waals surface area contributed by atoms with Gasteiger partial charge < -0.3 is 5.32 Å². The summed E-state index contributed by atoms with van der Waals surface area (Å²) in [7, 11) is 0. The van der Waals surface area contributed by atoms with Crippen molar-refractivity contribution in [2.45, 2.75) is 38.5 Å². The van der Waals surface area contributed by atoms with Crippen LogP contribution in [0.3, 0.4) is 0 Å². The zero-order valence-corrected chi connectivity index (χ0v) is 11.0. The van der Waals surface area contributed by atoms with Gasteiger partial charge in [-0.25, -0.2) is 0 Å². The summed E-state index contributed by atoms with van der Waals surface area (Å²) in [6, 6.07) is 10.3. The third kappa shape index (κ3) is 4.61. The van der Waals surface area contributed by atoms with E-state index in [2.05, 4.69) is 17.4 Å². The molecule has 1 saturated heterocycles. The first kappa shape index (κ1) is 13.3. The molecule has 0 saturated carbocycles. The highest BCUT2D eigenvalue weighted by molar-refractivity contribution is 5.78. The van der Waals surface area contributed by atoms with Gasteiger partial charge in [0, 0.05) is 12.8 Å². The lowest BCUT2D eigenvalue weighted by atomic mass is 9.93. The zero-order chi connectivity index (χ0) is 12.6. The van der Waals surface area contributed by atoms with Crippen molar-refractivity contribution >= 4 is 5.78 Å². The molecule has 2 heteroatoms. The van der Waals surface area contributed by atoms with E-state index >= 15 is 0 Å². The highest BCUT2D eigenvalue weighted by atomic mass is 16.1. The average molecular weight is 245 g/mol. The standard InChI is InChI=1S/C16H23NO/c18-16(10-8-14-5-2-1-3-6-14)11-9-15-7-4-12-17-13-15/h1-3,5-6,15,17H,4,7-13H2. The smallest absolute Gasteiger partial charge is 0.133 e. The first-order valence-electron chi connectivity index (χ1n) is 7.11. The number of rotatable bonds is 6. The Morgan fingerprint density at radius 2 is 2.06 bits per heavy atom. The number of hydrogen-bond acceptors (Lipinski definition) is 2. The van der Waals surface area contributed by atoms with Crippen LogP contribution in [0.5, 0.6) is 0 Å². The van der Waals surface area contributed by atoms with Gasteiger partial charge in [0.15, 0.2) is 0 Å². The molecule has 0 amide bonds. The summed E-state index contributed by atoms with van der Waals surface area (Å²) in [5.74, 6) is 1.14. The number of nitrogens with one attached hydrogen (secondary N) is 1. The van der Waals surface area contributed by atoms with Crippen molar-refractivity contribution in [1.82, 2.24) is 5.32 Å². The number of carbonyl (C=O) groups excluding carboxylic acids is 1. The Hall–Kier alpha value is -1.15. The lowest BCUT2D eigenvalue weighted by molar-refractivity contribution is -0.119. The molecule has 0 radical (unpaired) electrons. The molecule has 1 fully saturated rings. The number of benzene rings is 1. The summed E-state index contributed by atoms with van der Waals surface area (Å²) in [6.45, 7) is 2.25. The predicted molar refractivity (Wildman–Crippen MR) is 74.6 cm³/mol. The summed E-state index contributed by atoms with van der Waals surface area (Å²) in [4.78, 5) is 11.8. The van der Waals surface area contributed by atoms with Gasteiger partial charge in [0.25, 0.3) is 0 Å². The van der Waals surface area contributed by atoms with Crippen LogP contribution in [-0.4, -0.2) is 18.9 Å². The molecule has 98 valence electrons. The number of aryl methyl sites for hydroxylation is 1. The molecule has 2 rings (SSSR count). The van der Waals surface area contributed by atoms with E-state index in [9.17, 15) is 4.79 Å². The van der Waals surface area contributed by atoms with E-state index < -0.39 is 0 Å². The molecule has 1 unspecified atom stereocenters. The van der Waals surface area contributed by atoms with Crippen molar-refractivity contribution in [3.63, 3.8) is 0 Å². The lowest BCUT2D eigenvalue weighted by Crippen LogP contribution is -2.30. The minimum atomic E-state index is 0.421. The van der Waals surface area contributed by atoms with Gasteiger partial charge in [0.2, 0.25) is 0 Å². The second kappa shape index (κ2) is 7.32. The van der Waals surface area contributed by atoms with Crippen molar-refractivity contribution in [3.8, 4) is 0 Å². The number of ketones is 1. The maximum atomic E-state index is 11.8. The Kier molecular flexibility index (Phi) is 5.40. The van der Waals surface area contributed by atoms with Crippen LogP contribution in [-0.2, 0) is 11.2 Å². The fourth-order valence-electron chi connectivity index (χ4n) is 2.59. The number of carbonyl (C=O) groups is 1. The summed E-state index contributed by atoms with van der Waals surface area (Å²) >= 11 is 0. The van der Waals surface area contributed by atoms with E-state index in [0.717, 1.165) is 38.3 Å². The second-order valence-corrected chi connectivity index (χ2v) is 5.28. The van der Waals surface area contributed by atoms with Gasteiger partial charge in [-0.1, -0.05) is 30.3 Å². The molecule has 0 spiro atoms. The fourth-order valence-corrected chi connectivity index (χ4v) is 2.59. The first-order chi connectivity index (χ1) is 8.84. The van der Waals surface area contributed by atoms with E-state index in [4.69, 9.17) is 0 Å². The Morgan fingerprint density at radius 3 is 2.78 bits per heavy atom. The van der Waals surface area contributed by atoms with E-state index in [-0.39, 0.29) is 0 Å². The number of Topliss-reactive ketones (excluding diaryl/α,β-unsaturated/α-hetero) is 1. The van der Waals surface area contributed by atoms with Gasteiger partial charge in [0.05, 0.1) is 0 Å². The van der Waals surface area contributed by atoms with Crippen LogP contribution in [0.25, 0.3) is 0 Å². The molecule has 18 heavy (non-hydrogen) atoms. The minimum absolute atomic E-state index is 0.421. The molecule has 0 aromatic heterocycles. The molecule has 1 aromatic rings. The molecular weight excluding hydrogens is 222 g/mol. The largest absolute Gasteiger partial charge is 0.316 e. The second-order valence-electron chi connectivity index (χ2n) is 5.28. The molecular formula is C16H23NO. The van der Waals surface area contributed by atoms with Crippen LogP contribution in [0.1, 0.15) is 37.7 Å². The highest BCUT2D eigenvalue weighted by Crippen LogP contribution is 2.16. The summed E-state index contributed by atoms with van der Waals surface area (Å²) in [5, 5.41) is 3.41. The summed E-state index contributed by atoms with van der Waals surface area (Å²) in [5.41, 5.74) is 1.27. The number of piperidine rings is 1. The topological polar surface area (TPSA) is 29.1 Å². The van der Waals surface area contributed by atoms with Gasteiger partial charge in [0.1, 0.15) is 5.78 Å². The molecule has 1 heterocycles. The SMILES string of the molecule is O=C(CCc1ccccc1)CCC1CCCNC1. The van der Waals surface area contributed by atoms with Crippen LogP contribution in [0.15, 0.2) is 30.3 Å². The quantitative estimate of drug-likeness (QED) is 0.835.